The van der Waals surface area contributed by atoms with Crippen LogP contribution in [0.4, 0.5) is 0 Å². The van der Waals surface area contributed by atoms with Crippen LogP contribution in [0.2, 0.25) is 0 Å². The van der Waals surface area contributed by atoms with Crippen LogP contribution in [0.15, 0.2) is 12.1 Å². The number of methoxy groups -OCH3 is 1. The van der Waals surface area contributed by atoms with Crippen LogP contribution in [0.25, 0.3) is 0 Å². The third kappa shape index (κ3) is 1.45. The van der Waals surface area contributed by atoms with Gasteiger partial charge in [-0.15, -0.1) is 0 Å². The molecule has 1 heterocycles. The van der Waals surface area contributed by atoms with E-state index < -0.39 is 0 Å². The minimum atomic E-state index is -0.206. The number of hydrogen-bond donors (Lipinski definition) is 1. The Morgan fingerprint density at radius 1 is 1.38 bits per heavy atom. The lowest BCUT2D eigenvalue weighted by atomic mass is 10.0. The fourth-order valence-electron chi connectivity index (χ4n) is 2.07. The molecule has 2 aliphatic rings. The number of benzene rings is 1. The van der Waals surface area contributed by atoms with Crippen molar-refractivity contribution in [1.29, 1.82) is 0 Å². The van der Waals surface area contributed by atoms with Crippen molar-refractivity contribution in [1.82, 2.24) is 0 Å². The Balaban J connectivity index is 2.09. The Labute approximate surface area is 94.3 Å². The summed E-state index contributed by atoms with van der Waals surface area (Å²) in [5.41, 5.74) is 8.08. The normalized spacial score (nSPS) is 20.9. The zero-order valence-electron chi connectivity index (χ0n) is 9.29. The lowest BCUT2D eigenvalue weighted by molar-refractivity contribution is -0.0166. The molecule has 1 aliphatic heterocycles. The minimum Gasteiger partial charge on any atom is -0.496 e. The third-order valence-electron chi connectivity index (χ3n) is 3.26. The highest BCUT2D eigenvalue weighted by molar-refractivity contribution is 5.51. The Bertz CT molecular complexity index is 427. The van der Waals surface area contributed by atoms with E-state index in [1.54, 1.807) is 7.11 Å². The van der Waals surface area contributed by atoms with Gasteiger partial charge < -0.3 is 19.9 Å². The molecule has 16 heavy (non-hydrogen) atoms. The summed E-state index contributed by atoms with van der Waals surface area (Å²) in [5, 5.41) is 0. The van der Waals surface area contributed by atoms with Crippen molar-refractivity contribution < 1.29 is 14.2 Å². The predicted molar refractivity (Wildman–Crippen MR) is 58.4 cm³/mol. The van der Waals surface area contributed by atoms with Gasteiger partial charge in [-0.25, -0.2) is 0 Å². The van der Waals surface area contributed by atoms with Gasteiger partial charge in [-0.2, -0.15) is 0 Å². The van der Waals surface area contributed by atoms with Gasteiger partial charge in [-0.1, -0.05) is 0 Å². The van der Waals surface area contributed by atoms with Crippen LogP contribution in [-0.2, 0) is 16.9 Å². The average Bonchev–Trinajstić information content (AvgIpc) is 3.07. The first-order chi connectivity index (χ1) is 7.73. The average molecular weight is 221 g/mol. The number of nitrogens with two attached hydrogens (primary N) is 1. The van der Waals surface area contributed by atoms with Crippen molar-refractivity contribution >= 4 is 0 Å². The fourth-order valence-corrected chi connectivity index (χ4v) is 2.07. The highest BCUT2D eigenvalue weighted by Gasteiger charge is 2.42. The third-order valence-corrected chi connectivity index (χ3v) is 3.26. The molecule has 86 valence electrons. The molecule has 0 atom stereocenters. The van der Waals surface area contributed by atoms with E-state index in [9.17, 15) is 0 Å². The number of fused-ring (bicyclic) bond motifs is 1. The molecule has 3 rings (SSSR count). The van der Waals surface area contributed by atoms with Gasteiger partial charge in [0.25, 0.3) is 0 Å². The molecule has 1 aromatic carbocycles. The summed E-state index contributed by atoms with van der Waals surface area (Å²) in [6, 6.07) is 3.97. The predicted octanol–water partition coefficient (Wildman–Crippen LogP) is 1.51. The van der Waals surface area contributed by atoms with E-state index in [0.717, 1.165) is 35.5 Å². The van der Waals surface area contributed by atoms with Crippen LogP contribution in [0.1, 0.15) is 24.0 Å². The first kappa shape index (κ1) is 9.93. The van der Waals surface area contributed by atoms with Gasteiger partial charge in [-0.3, -0.25) is 0 Å². The van der Waals surface area contributed by atoms with Crippen molar-refractivity contribution in [3.05, 3.63) is 23.3 Å². The van der Waals surface area contributed by atoms with Gasteiger partial charge in [0.15, 0.2) is 6.79 Å². The first-order valence-electron chi connectivity index (χ1n) is 5.44. The lowest BCUT2D eigenvalue weighted by Gasteiger charge is -2.22. The van der Waals surface area contributed by atoms with Crippen molar-refractivity contribution in [3.8, 4) is 11.5 Å². The minimum absolute atomic E-state index is 0.206. The van der Waals surface area contributed by atoms with Crippen LogP contribution in [0, 0.1) is 0 Å². The number of hydrogen-bond acceptors (Lipinski definition) is 4. The molecule has 4 nitrogen and oxygen atoms in total. The van der Waals surface area contributed by atoms with Crippen molar-refractivity contribution in [2.75, 3.05) is 13.9 Å². The van der Waals surface area contributed by atoms with Crippen LogP contribution in [-0.4, -0.2) is 13.9 Å². The fraction of sp³-hybridized carbons (Fsp3) is 0.500. The summed E-state index contributed by atoms with van der Waals surface area (Å²) in [7, 11) is 1.67. The standard InChI is InChI=1S/C12H15NO3/c1-14-11-4-8-6-15-7-16-10(8)5-9(11)12(13)2-3-12/h4-5H,2-3,6-7,13H2,1H3. The molecule has 0 unspecified atom stereocenters. The van der Waals surface area contributed by atoms with Crippen LogP contribution in [0.5, 0.6) is 11.5 Å². The largest absolute Gasteiger partial charge is 0.496 e. The van der Waals surface area contributed by atoms with Gasteiger partial charge in [0.1, 0.15) is 11.5 Å². The van der Waals surface area contributed by atoms with Gasteiger partial charge in [0.2, 0.25) is 0 Å². The Kier molecular flexibility index (Phi) is 2.09. The second-order valence-corrected chi connectivity index (χ2v) is 4.43. The van der Waals surface area contributed by atoms with Crippen molar-refractivity contribution in [2.45, 2.75) is 25.0 Å². The number of rotatable bonds is 2. The molecular weight excluding hydrogens is 206 g/mol. The first-order valence-corrected chi connectivity index (χ1v) is 5.44. The molecule has 1 fully saturated rings. The van der Waals surface area contributed by atoms with E-state index in [2.05, 4.69) is 0 Å². The molecule has 0 amide bonds. The molecule has 0 saturated heterocycles. The molecule has 2 N–H and O–H groups in total. The van der Waals surface area contributed by atoms with Gasteiger partial charge >= 0.3 is 0 Å². The van der Waals surface area contributed by atoms with E-state index in [0.29, 0.717) is 13.4 Å². The SMILES string of the molecule is COc1cc2c(cc1C1(N)CC1)OCOC2. The summed E-state index contributed by atoms with van der Waals surface area (Å²) < 4.78 is 16.1. The maximum Gasteiger partial charge on any atom is 0.189 e. The summed E-state index contributed by atoms with van der Waals surface area (Å²) in [6.45, 7) is 0.889. The molecule has 0 spiro atoms. The van der Waals surface area contributed by atoms with E-state index in [-0.39, 0.29) is 5.54 Å². The molecular formula is C12H15NO3. The second-order valence-electron chi connectivity index (χ2n) is 4.43. The molecule has 1 saturated carbocycles. The molecule has 1 aliphatic carbocycles. The Morgan fingerprint density at radius 2 is 2.19 bits per heavy atom. The monoisotopic (exact) mass is 221 g/mol. The Hall–Kier alpha value is -1.26. The molecule has 0 aromatic heterocycles. The summed E-state index contributed by atoms with van der Waals surface area (Å²) in [6.07, 6.45) is 2.03. The second kappa shape index (κ2) is 3.37. The van der Waals surface area contributed by atoms with Gasteiger partial charge in [0, 0.05) is 16.7 Å². The maximum atomic E-state index is 6.21. The van der Waals surface area contributed by atoms with E-state index in [1.807, 2.05) is 12.1 Å². The highest BCUT2D eigenvalue weighted by Crippen LogP contribution is 2.48. The topological polar surface area (TPSA) is 53.7 Å². The van der Waals surface area contributed by atoms with Gasteiger partial charge in [-0.05, 0) is 25.0 Å². The molecule has 4 heteroatoms. The van der Waals surface area contributed by atoms with E-state index >= 15 is 0 Å². The van der Waals surface area contributed by atoms with Crippen LogP contribution in [0.3, 0.4) is 0 Å². The number of ether oxygens (including phenoxy) is 3. The molecule has 0 radical (unpaired) electrons. The van der Waals surface area contributed by atoms with Crippen molar-refractivity contribution in [3.63, 3.8) is 0 Å². The summed E-state index contributed by atoms with van der Waals surface area (Å²) in [4.78, 5) is 0. The maximum absolute atomic E-state index is 6.21. The highest BCUT2D eigenvalue weighted by atomic mass is 16.7. The van der Waals surface area contributed by atoms with Gasteiger partial charge in [0.05, 0.1) is 13.7 Å². The zero-order valence-corrected chi connectivity index (χ0v) is 9.29. The van der Waals surface area contributed by atoms with E-state index in [4.69, 9.17) is 19.9 Å². The van der Waals surface area contributed by atoms with Crippen molar-refractivity contribution in [2.24, 2.45) is 5.73 Å². The Morgan fingerprint density at radius 3 is 2.88 bits per heavy atom. The smallest absolute Gasteiger partial charge is 0.189 e. The molecule has 0 bridgehead atoms. The van der Waals surface area contributed by atoms with E-state index in [1.165, 1.54) is 0 Å². The quantitative estimate of drug-likeness (QED) is 0.822. The van der Waals surface area contributed by atoms with Crippen LogP contribution < -0.4 is 15.2 Å². The summed E-state index contributed by atoms with van der Waals surface area (Å²) in [5.74, 6) is 1.71. The zero-order chi connectivity index (χ0) is 11.2. The lowest BCUT2D eigenvalue weighted by Crippen LogP contribution is -2.21. The molecule has 1 aromatic rings. The van der Waals surface area contributed by atoms with Crippen LogP contribution >= 0.6 is 0 Å². The summed E-state index contributed by atoms with van der Waals surface area (Å²) >= 11 is 0.